The van der Waals surface area contributed by atoms with E-state index in [1.807, 2.05) is 0 Å². The van der Waals surface area contributed by atoms with Gasteiger partial charge in [0.25, 0.3) is 7.37 Å². The zero-order valence-electron chi connectivity index (χ0n) is 10.2. The van der Waals surface area contributed by atoms with Crippen molar-refractivity contribution in [1.29, 1.82) is 0 Å². The summed E-state index contributed by atoms with van der Waals surface area (Å²) >= 11 is 0. The molecule has 0 aromatic carbocycles. The highest BCUT2D eigenvalue weighted by Gasteiger charge is 2.36. The van der Waals surface area contributed by atoms with Crippen molar-refractivity contribution in [3.05, 3.63) is 0 Å². The minimum atomic E-state index is -3.74. The van der Waals surface area contributed by atoms with Gasteiger partial charge in [0, 0.05) is 13.0 Å². The number of rotatable bonds is 8. The average Bonchev–Trinajstić information content (AvgIpc) is 2.81. The topological polar surface area (TPSA) is 130 Å². The Morgan fingerprint density at radius 3 is 2.58 bits per heavy atom. The van der Waals surface area contributed by atoms with Crippen LogP contribution >= 0.6 is 7.37 Å². The Bertz CT molecular complexity index is 376. The molecule has 1 aliphatic rings. The maximum absolute atomic E-state index is 11.9. The van der Waals surface area contributed by atoms with E-state index < -0.39 is 37.6 Å². The number of hydrogen-bond donors (Lipinski definition) is 3. The van der Waals surface area contributed by atoms with Crippen LogP contribution in [0.4, 0.5) is 0 Å². The van der Waals surface area contributed by atoms with Gasteiger partial charge < -0.3 is 24.6 Å². The smallest absolute Gasteiger partial charge is 0.332 e. The summed E-state index contributed by atoms with van der Waals surface area (Å²) in [6.07, 6.45) is -1.57. The van der Waals surface area contributed by atoms with Gasteiger partial charge in [0.2, 0.25) is 0 Å². The summed E-state index contributed by atoms with van der Waals surface area (Å²) in [6, 6.07) is 0. The van der Waals surface area contributed by atoms with Gasteiger partial charge in [-0.3, -0.25) is 9.36 Å². The van der Waals surface area contributed by atoms with Gasteiger partial charge in [-0.15, -0.1) is 0 Å². The largest absolute Gasteiger partial charge is 0.481 e. The number of aliphatic carboxylic acids is 2. The van der Waals surface area contributed by atoms with E-state index in [0.717, 1.165) is 0 Å². The Labute approximate surface area is 109 Å². The van der Waals surface area contributed by atoms with Crippen LogP contribution in [0.1, 0.15) is 25.7 Å². The summed E-state index contributed by atoms with van der Waals surface area (Å²) in [6.45, 7) is 0.399. The van der Waals surface area contributed by atoms with Gasteiger partial charge in [-0.2, -0.15) is 0 Å². The first-order valence-corrected chi connectivity index (χ1v) is 7.73. The van der Waals surface area contributed by atoms with Crippen molar-refractivity contribution in [2.24, 2.45) is 0 Å². The average molecular weight is 296 g/mol. The van der Waals surface area contributed by atoms with Crippen molar-refractivity contribution in [2.45, 2.75) is 37.6 Å². The lowest BCUT2D eigenvalue weighted by atomic mass is 10.2. The molecule has 110 valence electrons. The summed E-state index contributed by atoms with van der Waals surface area (Å²) in [5.41, 5.74) is 0. The first-order valence-electron chi connectivity index (χ1n) is 5.82. The molecule has 0 bridgehead atoms. The lowest BCUT2D eigenvalue weighted by Gasteiger charge is -2.20. The van der Waals surface area contributed by atoms with Crippen LogP contribution in [0.25, 0.3) is 0 Å². The van der Waals surface area contributed by atoms with Crippen molar-refractivity contribution in [2.75, 3.05) is 13.0 Å². The zero-order chi connectivity index (χ0) is 14.5. The minimum absolute atomic E-state index is 0.254. The third kappa shape index (κ3) is 5.28. The highest BCUT2D eigenvalue weighted by Crippen LogP contribution is 2.50. The highest BCUT2D eigenvalue weighted by molar-refractivity contribution is 7.58. The van der Waals surface area contributed by atoms with E-state index in [1.165, 1.54) is 0 Å². The Morgan fingerprint density at radius 2 is 2.11 bits per heavy atom. The molecular weight excluding hydrogens is 279 g/mol. The van der Waals surface area contributed by atoms with Crippen molar-refractivity contribution in [1.82, 2.24) is 0 Å². The summed E-state index contributed by atoms with van der Waals surface area (Å²) < 4.78 is 21.8. The molecule has 0 amide bonds. The quantitative estimate of drug-likeness (QED) is 0.557. The van der Waals surface area contributed by atoms with Gasteiger partial charge in [0.05, 0.1) is 0 Å². The van der Waals surface area contributed by atoms with E-state index in [1.54, 1.807) is 0 Å². The molecule has 8 nitrogen and oxygen atoms in total. The molecule has 1 rings (SSSR count). The Kier molecular flexibility index (Phi) is 5.93. The lowest BCUT2D eigenvalue weighted by molar-refractivity contribution is -0.150. The fourth-order valence-electron chi connectivity index (χ4n) is 1.69. The molecule has 0 aromatic rings. The normalized spacial score (nSPS) is 23.7. The van der Waals surface area contributed by atoms with Gasteiger partial charge in [-0.25, -0.2) is 4.79 Å². The zero-order valence-corrected chi connectivity index (χ0v) is 11.1. The van der Waals surface area contributed by atoms with E-state index in [-0.39, 0.29) is 12.8 Å². The maximum atomic E-state index is 11.9. The molecule has 9 heteroatoms. The molecular formula is C10H17O8P. The second kappa shape index (κ2) is 7.00. The van der Waals surface area contributed by atoms with E-state index in [0.29, 0.717) is 19.4 Å². The molecule has 19 heavy (non-hydrogen) atoms. The molecule has 1 saturated heterocycles. The fourth-order valence-corrected chi connectivity index (χ4v) is 3.18. The van der Waals surface area contributed by atoms with Gasteiger partial charge in [0.1, 0.15) is 12.2 Å². The van der Waals surface area contributed by atoms with E-state index in [2.05, 4.69) is 0 Å². The van der Waals surface area contributed by atoms with Crippen LogP contribution in [0.5, 0.6) is 0 Å². The van der Waals surface area contributed by atoms with Crippen LogP contribution in [0.2, 0.25) is 0 Å². The number of carbonyl (C=O) groups is 2. The third-order valence-corrected chi connectivity index (χ3v) is 4.54. The number of ether oxygens (including phenoxy) is 2. The van der Waals surface area contributed by atoms with Crippen LogP contribution < -0.4 is 0 Å². The summed E-state index contributed by atoms with van der Waals surface area (Å²) in [5.74, 6) is -3.32. The second-order valence-electron chi connectivity index (χ2n) is 4.28. The number of carboxylic acids is 2. The fraction of sp³-hybridized carbons (Fsp3) is 0.800. The SMILES string of the molecule is O=C(O)CCC(OCP(=O)(O)C1CCCO1)C(=O)O. The predicted molar refractivity (Wildman–Crippen MR) is 63.0 cm³/mol. The summed E-state index contributed by atoms with van der Waals surface area (Å²) in [4.78, 5) is 30.9. The molecule has 0 spiro atoms. The highest BCUT2D eigenvalue weighted by atomic mass is 31.2. The molecule has 3 N–H and O–H groups in total. The molecule has 3 atom stereocenters. The molecule has 0 radical (unpaired) electrons. The molecule has 0 aliphatic carbocycles. The molecule has 3 unspecified atom stereocenters. The maximum Gasteiger partial charge on any atom is 0.332 e. The molecule has 0 saturated carbocycles. The van der Waals surface area contributed by atoms with Crippen molar-refractivity contribution < 1.29 is 38.7 Å². The molecule has 0 aromatic heterocycles. The van der Waals surface area contributed by atoms with E-state index >= 15 is 0 Å². The van der Waals surface area contributed by atoms with Crippen LogP contribution in [0, 0.1) is 0 Å². The monoisotopic (exact) mass is 296 g/mol. The number of carboxylic acid groups (broad SMARTS) is 2. The Hall–Kier alpha value is -0.950. The van der Waals surface area contributed by atoms with Crippen molar-refractivity contribution in [3.63, 3.8) is 0 Å². The Balaban J connectivity index is 2.48. The van der Waals surface area contributed by atoms with Crippen LogP contribution in [-0.2, 0) is 23.6 Å². The minimum Gasteiger partial charge on any atom is -0.481 e. The van der Waals surface area contributed by atoms with Gasteiger partial charge >= 0.3 is 11.9 Å². The summed E-state index contributed by atoms with van der Waals surface area (Å²) in [7, 11) is -3.74. The second-order valence-corrected chi connectivity index (χ2v) is 6.62. The van der Waals surface area contributed by atoms with Gasteiger partial charge in [-0.05, 0) is 19.3 Å². The van der Waals surface area contributed by atoms with Crippen molar-refractivity contribution in [3.8, 4) is 0 Å². The van der Waals surface area contributed by atoms with E-state index in [9.17, 15) is 19.0 Å². The predicted octanol–water partition coefficient (Wildman–Crippen LogP) is 0.685. The molecule has 1 aliphatic heterocycles. The standard InChI is InChI=1S/C10H17O8P/c11-8(12)4-3-7(10(13)14)18-6-19(15,16)9-2-1-5-17-9/h7,9H,1-6H2,(H,11,12)(H,13,14)(H,15,16). The lowest BCUT2D eigenvalue weighted by Crippen LogP contribution is -2.26. The van der Waals surface area contributed by atoms with Gasteiger partial charge in [0.15, 0.2) is 6.10 Å². The number of hydrogen-bond acceptors (Lipinski definition) is 5. The van der Waals surface area contributed by atoms with Crippen LogP contribution in [-0.4, -0.2) is 51.9 Å². The molecule has 1 heterocycles. The first kappa shape index (κ1) is 16.1. The van der Waals surface area contributed by atoms with Crippen molar-refractivity contribution >= 4 is 19.3 Å². The first-order chi connectivity index (χ1) is 8.83. The summed E-state index contributed by atoms with van der Waals surface area (Å²) in [5, 5.41) is 17.3. The van der Waals surface area contributed by atoms with E-state index in [4.69, 9.17) is 19.7 Å². The third-order valence-electron chi connectivity index (χ3n) is 2.71. The van der Waals surface area contributed by atoms with Gasteiger partial charge in [-0.1, -0.05) is 0 Å². The Morgan fingerprint density at radius 1 is 1.42 bits per heavy atom. The van der Waals surface area contributed by atoms with Crippen LogP contribution in [0.15, 0.2) is 0 Å². The van der Waals surface area contributed by atoms with Crippen LogP contribution in [0.3, 0.4) is 0 Å². The molecule has 1 fully saturated rings.